The van der Waals surface area contributed by atoms with E-state index in [2.05, 4.69) is 10.0 Å². The van der Waals surface area contributed by atoms with Gasteiger partial charge in [0.05, 0.1) is 4.92 Å². The fraction of sp³-hybridized carbons (Fsp3) is 0.300. The van der Waals surface area contributed by atoms with Crippen molar-refractivity contribution in [1.82, 2.24) is 0 Å². The highest BCUT2D eigenvalue weighted by Crippen LogP contribution is 2.26. The van der Waals surface area contributed by atoms with Gasteiger partial charge < -0.3 is 0 Å². The molecule has 0 spiro atoms. The summed E-state index contributed by atoms with van der Waals surface area (Å²) in [6.45, 7) is 0. The Bertz CT molecular complexity index is 526. The van der Waals surface area contributed by atoms with Crippen LogP contribution in [0.25, 0.3) is 10.4 Å². The van der Waals surface area contributed by atoms with Crippen LogP contribution in [0.1, 0.15) is 18.4 Å². The van der Waals surface area contributed by atoms with Crippen molar-refractivity contribution >= 4 is 28.2 Å². The zero-order valence-corrected chi connectivity index (χ0v) is 10.0. The molecule has 0 saturated carbocycles. The number of rotatable bonds is 6. The van der Waals surface area contributed by atoms with Crippen LogP contribution in [-0.4, -0.2) is 10.2 Å². The van der Waals surface area contributed by atoms with E-state index in [0.29, 0.717) is 18.4 Å². The molecule has 0 aliphatic rings. The molecule has 0 saturated heterocycles. The molecule has 1 aromatic rings. The molecule has 0 aliphatic heterocycles. The molecule has 0 aliphatic carbocycles. The molecule has 7 nitrogen and oxygen atoms in total. The van der Waals surface area contributed by atoms with Crippen LogP contribution in [-0.2, 0) is 11.2 Å². The minimum Gasteiger partial charge on any atom is -0.281 e. The third-order valence-electron chi connectivity index (χ3n) is 2.25. The van der Waals surface area contributed by atoms with Gasteiger partial charge in [-0.2, -0.15) is 0 Å². The molecule has 0 unspecified atom stereocenters. The predicted molar refractivity (Wildman–Crippen MR) is 65.7 cm³/mol. The lowest BCUT2D eigenvalue weighted by molar-refractivity contribution is -0.385. The lowest BCUT2D eigenvalue weighted by atomic mass is 10.1. The Kier molecular flexibility index (Phi) is 5.10. The highest BCUT2D eigenvalue weighted by Gasteiger charge is 2.14. The highest BCUT2D eigenvalue weighted by molar-refractivity contribution is 6.63. The third-order valence-corrected chi connectivity index (χ3v) is 2.43. The van der Waals surface area contributed by atoms with Crippen LogP contribution in [0.4, 0.5) is 11.4 Å². The second-order valence-electron chi connectivity index (χ2n) is 3.47. The first-order valence-corrected chi connectivity index (χ1v) is 5.43. The first-order chi connectivity index (χ1) is 8.54. The summed E-state index contributed by atoms with van der Waals surface area (Å²) < 4.78 is 0. The van der Waals surface area contributed by atoms with Gasteiger partial charge in [-0.05, 0) is 30.0 Å². The van der Waals surface area contributed by atoms with Crippen molar-refractivity contribution < 1.29 is 9.72 Å². The van der Waals surface area contributed by atoms with Crippen molar-refractivity contribution in [2.45, 2.75) is 19.3 Å². The molecule has 0 fully saturated rings. The summed E-state index contributed by atoms with van der Waals surface area (Å²) in [5.41, 5.74) is 8.80. The SMILES string of the molecule is [N-]=[N+]=Nc1ccc(CCCC(=O)Cl)c([N+](=O)[O-])c1. The Balaban J connectivity index is 2.93. The molecule has 1 rings (SSSR count). The molecule has 8 heteroatoms. The van der Waals surface area contributed by atoms with Gasteiger partial charge in [-0.3, -0.25) is 14.9 Å². The largest absolute Gasteiger partial charge is 0.281 e. The van der Waals surface area contributed by atoms with Crippen LogP contribution < -0.4 is 0 Å². The van der Waals surface area contributed by atoms with E-state index in [9.17, 15) is 14.9 Å². The number of nitrogens with zero attached hydrogens (tertiary/aromatic N) is 4. The molecule has 0 atom stereocenters. The lowest BCUT2D eigenvalue weighted by Crippen LogP contribution is -1.97. The molecular weight excluding hydrogens is 260 g/mol. The monoisotopic (exact) mass is 268 g/mol. The van der Waals surface area contributed by atoms with Gasteiger partial charge >= 0.3 is 0 Å². The standard InChI is InChI=1S/C10H9ClN4O3/c11-10(16)3-1-2-7-4-5-8(13-14-12)6-9(7)15(17)18/h4-6H,1-3H2. The Labute approximate surface area is 107 Å². The van der Waals surface area contributed by atoms with Crippen LogP contribution in [0.2, 0.25) is 0 Å². The summed E-state index contributed by atoms with van der Waals surface area (Å²) in [4.78, 5) is 23.4. The van der Waals surface area contributed by atoms with E-state index in [1.54, 1.807) is 0 Å². The summed E-state index contributed by atoms with van der Waals surface area (Å²) in [5, 5.41) is 13.7. The Morgan fingerprint density at radius 3 is 2.83 bits per heavy atom. The second kappa shape index (κ2) is 6.58. The van der Waals surface area contributed by atoms with Crippen molar-refractivity contribution in [3.8, 4) is 0 Å². The number of hydrogen-bond acceptors (Lipinski definition) is 4. The van der Waals surface area contributed by atoms with Gasteiger partial charge in [-0.25, -0.2) is 0 Å². The molecule has 1 aromatic carbocycles. The number of aryl methyl sites for hydroxylation is 1. The van der Waals surface area contributed by atoms with Gasteiger partial charge in [0.1, 0.15) is 0 Å². The Morgan fingerprint density at radius 1 is 1.56 bits per heavy atom. The fourth-order valence-electron chi connectivity index (χ4n) is 1.47. The minimum absolute atomic E-state index is 0.123. The van der Waals surface area contributed by atoms with E-state index in [0.717, 1.165) is 0 Å². The van der Waals surface area contributed by atoms with Crippen LogP contribution in [0.3, 0.4) is 0 Å². The Morgan fingerprint density at radius 2 is 2.28 bits per heavy atom. The number of halogens is 1. The molecule has 18 heavy (non-hydrogen) atoms. The van der Waals surface area contributed by atoms with Gasteiger partial charge in [0, 0.05) is 28.6 Å². The number of benzene rings is 1. The molecule has 0 bridgehead atoms. The van der Waals surface area contributed by atoms with Crippen LogP contribution in [0, 0.1) is 10.1 Å². The lowest BCUT2D eigenvalue weighted by Gasteiger charge is -2.02. The molecule has 94 valence electrons. The number of carbonyl (C=O) groups is 1. The zero-order chi connectivity index (χ0) is 13.5. The van der Waals surface area contributed by atoms with Crippen molar-refractivity contribution in [3.63, 3.8) is 0 Å². The van der Waals surface area contributed by atoms with Crippen molar-refractivity contribution in [2.75, 3.05) is 0 Å². The first-order valence-electron chi connectivity index (χ1n) is 5.05. The quantitative estimate of drug-likeness (QED) is 0.196. The van der Waals surface area contributed by atoms with E-state index in [1.807, 2.05) is 0 Å². The summed E-state index contributed by atoms with van der Waals surface area (Å²) in [6, 6.07) is 4.21. The molecule has 0 N–H and O–H groups in total. The smallest absolute Gasteiger partial charge is 0.273 e. The van der Waals surface area contributed by atoms with Gasteiger partial charge in [-0.15, -0.1) is 0 Å². The van der Waals surface area contributed by atoms with E-state index in [4.69, 9.17) is 17.1 Å². The van der Waals surface area contributed by atoms with Gasteiger partial charge in [0.2, 0.25) is 5.24 Å². The molecule has 0 aromatic heterocycles. The van der Waals surface area contributed by atoms with Crippen LogP contribution in [0.15, 0.2) is 23.3 Å². The summed E-state index contributed by atoms with van der Waals surface area (Å²) in [7, 11) is 0. The number of nitro groups is 1. The summed E-state index contributed by atoms with van der Waals surface area (Å²) in [6.07, 6.45) is 0.964. The second-order valence-corrected chi connectivity index (χ2v) is 3.89. The number of hydrogen-bond donors (Lipinski definition) is 0. The average molecular weight is 269 g/mol. The van der Waals surface area contributed by atoms with Gasteiger partial charge in [-0.1, -0.05) is 17.2 Å². The molecule has 0 radical (unpaired) electrons. The predicted octanol–water partition coefficient (Wildman–Crippen LogP) is 3.62. The van der Waals surface area contributed by atoms with E-state index in [1.165, 1.54) is 18.2 Å². The summed E-state index contributed by atoms with van der Waals surface area (Å²) in [5.74, 6) is 0. The van der Waals surface area contributed by atoms with E-state index in [-0.39, 0.29) is 17.8 Å². The number of nitro benzene ring substituents is 1. The van der Waals surface area contributed by atoms with Crippen molar-refractivity contribution in [1.29, 1.82) is 0 Å². The van der Waals surface area contributed by atoms with E-state index >= 15 is 0 Å². The molecule has 0 amide bonds. The zero-order valence-electron chi connectivity index (χ0n) is 9.24. The minimum atomic E-state index is -0.547. The van der Waals surface area contributed by atoms with Gasteiger partial charge in [0.25, 0.3) is 5.69 Å². The van der Waals surface area contributed by atoms with Crippen LogP contribution >= 0.6 is 11.6 Å². The van der Waals surface area contributed by atoms with Crippen LogP contribution in [0.5, 0.6) is 0 Å². The molecular formula is C10H9ClN4O3. The number of azide groups is 1. The topological polar surface area (TPSA) is 109 Å². The normalized spacial score (nSPS) is 9.61. The summed E-state index contributed by atoms with van der Waals surface area (Å²) >= 11 is 5.18. The van der Waals surface area contributed by atoms with Gasteiger partial charge in [0.15, 0.2) is 0 Å². The maximum atomic E-state index is 10.9. The number of carbonyl (C=O) groups excluding carboxylic acids is 1. The van der Waals surface area contributed by atoms with Crippen molar-refractivity contribution in [3.05, 3.63) is 44.3 Å². The Hall–Kier alpha value is -2.11. The molecule has 0 heterocycles. The first kappa shape index (κ1) is 14.0. The fourth-order valence-corrected chi connectivity index (χ4v) is 1.60. The third kappa shape index (κ3) is 4.04. The van der Waals surface area contributed by atoms with Crippen molar-refractivity contribution in [2.24, 2.45) is 5.11 Å². The highest BCUT2D eigenvalue weighted by atomic mass is 35.5. The maximum Gasteiger partial charge on any atom is 0.273 e. The maximum absolute atomic E-state index is 10.9. The average Bonchev–Trinajstić information content (AvgIpc) is 2.30. The van der Waals surface area contributed by atoms with E-state index < -0.39 is 10.2 Å².